The molecule has 0 amide bonds. The zero-order valence-electron chi connectivity index (χ0n) is 36.6. The average Bonchev–Trinajstić information content (AvgIpc) is 3.86. The van der Waals surface area contributed by atoms with Gasteiger partial charge in [-0.25, -0.2) is 0 Å². The maximum Gasteiger partial charge on any atom is 0.138 e. The van der Waals surface area contributed by atoms with Crippen molar-refractivity contribution in [2.24, 2.45) is 0 Å². The van der Waals surface area contributed by atoms with Gasteiger partial charge in [-0.1, -0.05) is 172 Å². The lowest BCUT2D eigenvalue weighted by Gasteiger charge is -2.31. The summed E-state index contributed by atoms with van der Waals surface area (Å²) in [6.07, 6.45) is 0. The second kappa shape index (κ2) is 13.8. The van der Waals surface area contributed by atoms with Gasteiger partial charge in [-0.15, -0.1) is 0 Å². The van der Waals surface area contributed by atoms with Crippen LogP contribution in [0.1, 0.15) is 25.0 Å². The number of hydrogen-bond donors (Lipinski definition) is 0. The van der Waals surface area contributed by atoms with Crippen LogP contribution in [-0.2, 0) is 5.41 Å². The van der Waals surface area contributed by atoms with E-state index in [9.17, 15) is 0 Å². The first-order chi connectivity index (χ1) is 32.5. The largest absolute Gasteiger partial charge is 0.456 e. The van der Waals surface area contributed by atoms with E-state index < -0.39 is 0 Å². The fourth-order valence-corrected chi connectivity index (χ4v) is 11.5. The molecule has 1 aliphatic carbocycles. The second-order valence-electron chi connectivity index (χ2n) is 18.4. The van der Waals surface area contributed by atoms with Crippen molar-refractivity contribution in [1.82, 2.24) is 0 Å². The monoisotopic (exact) mass is 842 g/mol. The Kier molecular flexibility index (Phi) is 7.74. The molecule has 3 nitrogen and oxygen atoms in total. The molecule has 14 rings (SSSR count). The van der Waals surface area contributed by atoms with Crippen LogP contribution in [0.5, 0.6) is 0 Å². The third-order valence-electron chi connectivity index (χ3n) is 14.5. The summed E-state index contributed by atoms with van der Waals surface area (Å²) in [6.45, 7) is 4.74. The van der Waals surface area contributed by atoms with E-state index >= 15 is 0 Å². The van der Waals surface area contributed by atoms with Crippen molar-refractivity contribution < 1.29 is 4.42 Å². The first-order valence-corrected chi connectivity index (χ1v) is 22.9. The van der Waals surface area contributed by atoms with E-state index in [4.69, 9.17) is 4.42 Å². The Bertz CT molecular complexity index is 4030. The van der Waals surface area contributed by atoms with Crippen molar-refractivity contribution in [2.75, 3.05) is 9.80 Å². The smallest absolute Gasteiger partial charge is 0.138 e. The summed E-state index contributed by atoms with van der Waals surface area (Å²) < 4.78 is 6.62. The average molecular weight is 843 g/mol. The fourth-order valence-electron chi connectivity index (χ4n) is 11.5. The Balaban J connectivity index is 1.01. The molecule has 1 aliphatic rings. The van der Waals surface area contributed by atoms with Crippen molar-refractivity contribution in [3.05, 3.63) is 230 Å². The fraction of sp³-hybridized carbons (Fsp3) is 0.0476. The minimum Gasteiger partial charge on any atom is -0.456 e. The Morgan fingerprint density at radius 1 is 0.333 bits per heavy atom. The van der Waals surface area contributed by atoms with Crippen LogP contribution >= 0.6 is 0 Å². The summed E-state index contributed by atoms with van der Waals surface area (Å²) in [5, 5.41) is 12.1. The number of anilines is 6. The van der Waals surface area contributed by atoms with Crippen LogP contribution in [0.3, 0.4) is 0 Å². The number of furan rings is 1. The number of hydrogen-bond acceptors (Lipinski definition) is 3. The van der Waals surface area contributed by atoms with E-state index in [2.05, 4.69) is 242 Å². The minimum atomic E-state index is -0.151. The molecule has 13 aromatic rings. The lowest BCUT2D eigenvalue weighted by atomic mass is 9.82. The standard InChI is InChI=1S/C63H42N2O/c1-63(2)52-21-11-9-20-48(52)49-33-30-45(37-53(49)63)65(54-22-12-10-19-47(54)39-14-5-3-6-15-39)56-35-29-42-26-31-50-55(34-28-41-27-32-51(56)60(42)59(41)50)64(44-17-7-4-8-18-44)46-36-43-25-24-40-16-13-23-57-61(40)62(43)58(38-46)66-57/h3-38H,1-2H3. The summed E-state index contributed by atoms with van der Waals surface area (Å²) in [5.41, 5.74) is 16.0. The zero-order chi connectivity index (χ0) is 43.7. The molecule has 0 spiro atoms. The van der Waals surface area contributed by atoms with Crippen LogP contribution in [-0.4, -0.2) is 0 Å². The highest BCUT2D eigenvalue weighted by molar-refractivity contribution is 6.29. The van der Waals surface area contributed by atoms with Gasteiger partial charge in [0, 0.05) is 50.0 Å². The molecule has 66 heavy (non-hydrogen) atoms. The van der Waals surface area contributed by atoms with Gasteiger partial charge in [0.15, 0.2) is 0 Å². The predicted molar refractivity (Wildman–Crippen MR) is 278 cm³/mol. The Labute approximate surface area is 382 Å². The predicted octanol–water partition coefficient (Wildman–Crippen LogP) is 18.0. The quantitative estimate of drug-likeness (QED) is 0.149. The zero-order valence-corrected chi connectivity index (χ0v) is 36.6. The molecule has 0 saturated carbocycles. The van der Waals surface area contributed by atoms with Crippen molar-refractivity contribution >= 4 is 99.2 Å². The summed E-state index contributed by atoms with van der Waals surface area (Å²) in [7, 11) is 0. The molecular formula is C63H42N2O. The SMILES string of the molecule is CC1(C)c2ccccc2-c2ccc(N(c3ccccc3-c3ccccc3)c3ccc4ccc5c(N(c6ccccc6)c6cc7ccc8cccc9oc(c6)c7c89)ccc6ccc3c4c65)cc21. The Morgan fingerprint density at radius 2 is 0.924 bits per heavy atom. The maximum absolute atomic E-state index is 6.62. The van der Waals surface area contributed by atoms with Crippen molar-refractivity contribution in [2.45, 2.75) is 19.3 Å². The van der Waals surface area contributed by atoms with Gasteiger partial charge in [0.05, 0.1) is 22.7 Å². The van der Waals surface area contributed by atoms with Gasteiger partial charge in [-0.2, -0.15) is 0 Å². The van der Waals surface area contributed by atoms with Crippen molar-refractivity contribution in [3.63, 3.8) is 0 Å². The summed E-state index contributed by atoms with van der Waals surface area (Å²) in [5.74, 6) is 0. The topological polar surface area (TPSA) is 19.6 Å². The molecule has 1 heterocycles. The van der Waals surface area contributed by atoms with Gasteiger partial charge < -0.3 is 14.2 Å². The molecule has 0 N–H and O–H groups in total. The highest BCUT2D eigenvalue weighted by atomic mass is 16.3. The third kappa shape index (κ3) is 5.26. The van der Waals surface area contributed by atoms with E-state index in [0.717, 1.165) is 50.7 Å². The summed E-state index contributed by atoms with van der Waals surface area (Å²) >= 11 is 0. The van der Waals surface area contributed by atoms with E-state index in [1.807, 2.05) is 0 Å². The molecule has 0 fully saturated rings. The van der Waals surface area contributed by atoms with Crippen LogP contribution in [0.4, 0.5) is 34.1 Å². The van der Waals surface area contributed by atoms with Crippen LogP contribution in [0, 0.1) is 0 Å². The number of benzene rings is 12. The molecule has 310 valence electrons. The van der Waals surface area contributed by atoms with Gasteiger partial charge in [-0.3, -0.25) is 0 Å². The lowest BCUT2D eigenvalue weighted by Crippen LogP contribution is -2.17. The molecule has 1 aromatic heterocycles. The molecule has 0 aliphatic heterocycles. The molecular weight excluding hydrogens is 801 g/mol. The third-order valence-corrected chi connectivity index (χ3v) is 14.5. The lowest BCUT2D eigenvalue weighted by molar-refractivity contribution is 0.660. The highest BCUT2D eigenvalue weighted by Gasteiger charge is 2.36. The number of rotatable bonds is 7. The van der Waals surface area contributed by atoms with E-state index in [1.54, 1.807) is 0 Å². The second-order valence-corrected chi connectivity index (χ2v) is 18.4. The molecule has 0 atom stereocenters. The Morgan fingerprint density at radius 3 is 1.70 bits per heavy atom. The molecule has 0 bridgehead atoms. The molecule has 0 radical (unpaired) electrons. The van der Waals surface area contributed by atoms with Gasteiger partial charge in [0.2, 0.25) is 0 Å². The summed E-state index contributed by atoms with van der Waals surface area (Å²) in [4.78, 5) is 4.92. The van der Waals surface area contributed by atoms with E-state index in [-0.39, 0.29) is 5.41 Å². The summed E-state index contributed by atoms with van der Waals surface area (Å²) in [6, 6.07) is 80.4. The van der Waals surface area contributed by atoms with Crippen molar-refractivity contribution in [1.29, 1.82) is 0 Å². The number of fused-ring (bicyclic) bond motifs is 3. The highest BCUT2D eigenvalue weighted by Crippen LogP contribution is 2.53. The van der Waals surface area contributed by atoms with Crippen LogP contribution in [0.15, 0.2) is 223 Å². The molecule has 12 aromatic carbocycles. The molecule has 3 heteroatoms. The Hall–Kier alpha value is -8.40. The number of para-hydroxylation sites is 2. The van der Waals surface area contributed by atoms with Gasteiger partial charge in [0.1, 0.15) is 11.2 Å². The molecule has 0 saturated heterocycles. The van der Waals surface area contributed by atoms with E-state index in [0.29, 0.717) is 0 Å². The van der Waals surface area contributed by atoms with Crippen LogP contribution in [0.2, 0.25) is 0 Å². The first kappa shape index (κ1) is 37.0. The first-order valence-electron chi connectivity index (χ1n) is 22.9. The van der Waals surface area contributed by atoms with Crippen molar-refractivity contribution in [3.8, 4) is 22.3 Å². The minimum absolute atomic E-state index is 0.151. The van der Waals surface area contributed by atoms with Crippen LogP contribution < -0.4 is 9.80 Å². The normalized spacial score (nSPS) is 13.1. The maximum atomic E-state index is 6.62. The van der Waals surface area contributed by atoms with E-state index in [1.165, 1.54) is 81.9 Å². The van der Waals surface area contributed by atoms with Gasteiger partial charge in [-0.05, 0) is 115 Å². The number of nitrogens with zero attached hydrogens (tertiary/aromatic N) is 2. The molecule has 0 unspecified atom stereocenters. The van der Waals surface area contributed by atoms with Gasteiger partial charge in [0.25, 0.3) is 0 Å². The van der Waals surface area contributed by atoms with Crippen LogP contribution in [0.25, 0.3) is 87.3 Å². The van der Waals surface area contributed by atoms with Gasteiger partial charge >= 0.3 is 0 Å².